The van der Waals surface area contributed by atoms with E-state index in [1.807, 2.05) is 0 Å². The van der Waals surface area contributed by atoms with Crippen LogP contribution in [0.25, 0.3) is 0 Å². The summed E-state index contributed by atoms with van der Waals surface area (Å²) in [6.45, 7) is 1.56. The van der Waals surface area contributed by atoms with Gasteiger partial charge >= 0.3 is 0 Å². The molecule has 0 bridgehead atoms. The lowest BCUT2D eigenvalue weighted by Gasteiger charge is -2.21. The quantitative estimate of drug-likeness (QED) is 0.671. The van der Waals surface area contributed by atoms with Crippen molar-refractivity contribution in [2.24, 2.45) is 5.84 Å². The summed E-state index contributed by atoms with van der Waals surface area (Å²) < 4.78 is 33.6. The van der Waals surface area contributed by atoms with Crippen LogP contribution >= 0.6 is 11.6 Å². The number of nitrogens with one attached hydrogen (secondary N) is 1. The van der Waals surface area contributed by atoms with Gasteiger partial charge in [0.25, 0.3) is 0 Å². The topological polar surface area (TPSA) is 47.3 Å². The number of ether oxygens (including phenoxy) is 1. The second-order valence-corrected chi connectivity index (χ2v) is 5.01. The van der Waals surface area contributed by atoms with Gasteiger partial charge in [-0.3, -0.25) is 5.84 Å². The van der Waals surface area contributed by atoms with Crippen molar-refractivity contribution in [2.75, 3.05) is 7.11 Å². The molecule has 1 unspecified atom stereocenters. The molecular weight excluding hydrogens is 298 g/mol. The molecule has 2 aromatic rings. The first-order valence-corrected chi connectivity index (χ1v) is 6.61. The van der Waals surface area contributed by atoms with Crippen molar-refractivity contribution in [1.29, 1.82) is 0 Å². The molecule has 0 saturated carbocycles. The lowest BCUT2D eigenvalue weighted by molar-refractivity contribution is 0.401. The van der Waals surface area contributed by atoms with Crippen molar-refractivity contribution in [3.63, 3.8) is 0 Å². The van der Waals surface area contributed by atoms with E-state index in [1.54, 1.807) is 25.1 Å². The minimum absolute atomic E-state index is 0.155. The zero-order valence-electron chi connectivity index (χ0n) is 11.6. The van der Waals surface area contributed by atoms with Crippen LogP contribution in [0.15, 0.2) is 30.3 Å². The number of benzene rings is 2. The second kappa shape index (κ2) is 6.39. The minimum Gasteiger partial charge on any atom is -0.496 e. The van der Waals surface area contributed by atoms with Gasteiger partial charge in [-0.2, -0.15) is 0 Å². The fourth-order valence-electron chi connectivity index (χ4n) is 2.20. The molecule has 0 radical (unpaired) electrons. The third kappa shape index (κ3) is 3.00. The highest BCUT2D eigenvalue weighted by molar-refractivity contribution is 6.30. The highest BCUT2D eigenvalue weighted by atomic mass is 35.5. The van der Waals surface area contributed by atoms with Crippen LogP contribution < -0.4 is 16.0 Å². The maximum Gasteiger partial charge on any atom is 0.134 e. The number of hydrazine groups is 1. The Bertz CT molecular complexity index is 664. The molecule has 0 aliphatic carbocycles. The highest BCUT2D eigenvalue weighted by Crippen LogP contribution is 2.34. The number of halogens is 3. The Morgan fingerprint density at radius 3 is 2.57 bits per heavy atom. The van der Waals surface area contributed by atoms with Gasteiger partial charge in [0.2, 0.25) is 0 Å². The Hall–Kier alpha value is -1.69. The summed E-state index contributed by atoms with van der Waals surface area (Å²) in [5, 5.41) is 0.455. The molecule has 0 amide bonds. The molecule has 2 aromatic carbocycles. The van der Waals surface area contributed by atoms with Gasteiger partial charge in [0, 0.05) is 16.1 Å². The maximum atomic E-state index is 14.3. The van der Waals surface area contributed by atoms with Crippen LogP contribution in [0.5, 0.6) is 5.75 Å². The first-order chi connectivity index (χ1) is 9.99. The highest BCUT2D eigenvalue weighted by Gasteiger charge is 2.25. The minimum atomic E-state index is -0.892. The van der Waals surface area contributed by atoms with E-state index in [4.69, 9.17) is 22.2 Å². The third-order valence-corrected chi connectivity index (χ3v) is 3.52. The Balaban J connectivity index is 2.63. The first kappa shape index (κ1) is 15.7. The fourth-order valence-corrected chi connectivity index (χ4v) is 2.36. The van der Waals surface area contributed by atoms with Crippen LogP contribution in [-0.4, -0.2) is 7.11 Å². The van der Waals surface area contributed by atoms with Crippen molar-refractivity contribution >= 4 is 11.6 Å². The van der Waals surface area contributed by atoms with E-state index < -0.39 is 17.7 Å². The monoisotopic (exact) mass is 312 g/mol. The normalized spacial score (nSPS) is 12.3. The summed E-state index contributed by atoms with van der Waals surface area (Å²) in [5.41, 5.74) is 3.11. The summed E-state index contributed by atoms with van der Waals surface area (Å²) in [7, 11) is 1.45. The lowest BCUT2D eigenvalue weighted by Crippen LogP contribution is -2.30. The average Bonchev–Trinajstić information content (AvgIpc) is 2.48. The largest absolute Gasteiger partial charge is 0.496 e. The number of nitrogens with two attached hydrogens (primary N) is 1. The van der Waals surface area contributed by atoms with E-state index >= 15 is 0 Å². The molecule has 112 valence electrons. The van der Waals surface area contributed by atoms with Gasteiger partial charge in [-0.05, 0) is 30.7 Å². The summed E-state index contributed by atoms with van der Waals surface area (Å²) in [6.07, 6.45) is 0. The van der Waals surface area contributed by atoms with Gasteiger partial charge in [-0.15, -0.1) is 0 Å². The Morgan fingerprint density at radius 2 is 1.95 bits per heavy atom. The molecule has 0 aromatic heterocycles. The Morgan fingerprint density at radius 1 is 1.24 bits per heavy atom. The standard InChI is InChI=1S/C15H15ClF2N2O/c1-8-3-6-11(17)13(14(8)18)15(20-19)10-5-4-9(16)7-12(10)21-2/h3-7,15,20H,19H2,1-2H3. The van der Waals surface area contributed by atoms with Crippen molar-refractivity contribution in [2.45, 2.75) is 13.0 Å². The molecular formula is C15H15ClF2N2O. The average molecular weight is 313 g/mol. The van der Waals surface area contributed by atoms with Gasteiger partial charge in [0.15, 0.2) is 0 Å². The summed E-state index contributed by atoms with van der Waals surface area (Å²) in [6, 6.07) is 6.48. The number of aryl methyl sites for hydroxylation is 1. The van der Waals surface area contributed by atoms with Gasteiger partial charge in [0.1, 0.15) is 17.4 Å². The van der Waals surface area contributed by atoms with Crippen LogP contribution in [0.4, 0.5) is 8.78 Å². The lowest BCUT2D eigenvalue weighted by atomic mass is 9.96. The van der Waals surface area contributed by atoms with E-state index in [2.05, 4.69) is 5.43 Å². The van der Waals surface area contributed by atoms with E-state index in [0.717, 1.165) is 0 Å². The molecule has 3 nitrogen and oxygen atoms in total. The van der Waals surface area contributed by atoms with Crippen molar-refractivity contribution in [3.05, 3.63) is 63.7 Å². The van der Waals surface area contributed by atoms with E-state index in [9.17, 15) is 8.78 Å². The molecule has 21 heavy (non-hydrogen) atoms. The number of hydrogen-bond acceptors (Lipinski definition) is 3. The van der Waals surface area contributed by atoms with Crippen molar-refractivity contribution < 1.29 is 13.5 Å². The van der Waals surface area contributed by atoms with Crippen molar-refractivity contribution in [1.82, 2.24) is 5.43 Å². The maximum absolute atomic E-state index is 14.3. The molecule has 0 saturated heterocycles. The first-order valence-electron chi connectivity index (χ1n) is 6.23. The molecule has 0 fully saturated rings. The summed E-state index contributed by atoms with van der Waals surface area (Å²) in [5.74, 6) is 4.58. The number of rotatable bonds is 4. The van der Waals surface area contributed by atoms with E-state index in [1.165, 1.54) is 19.2 Å². The Kier molecular flexibility index (Phi) is 4.77. The molecule has 2 rings (SSSR count). The third-order valence-electron chi connectivity index (χ3n) is 3.28. The smallest absolute Gasteiger partial charge is 0.134 e. The summed E-state index contributed by atoms with van der Waals surface area (Å²) in [4.78, 5) is 0. The van der Waals surface area contributed by atoms with Crippen LogP contribution in [0.3, 0.4) is 0 Å². The number of methoxy groups -OCH3 is 1. The zero-order valence-corrected chi connectivity index (χ0v) is 12.3. The van der Waals surface area contributed by atoms with E-state index in [-0.39, 0.29) is 5.56 Å². The molecule has 0 heterocycles. The van der Waals surface area contributed by atoms with Gasteiger partial charge in [-0.25, -0.2) is 14.2 Å². The van der Waals surface area contributed by atoms with Crippen LogP contribution in [-0.2, 0) is 0 Å². The predicted molar refractivity (Wildman–Crippen MR) is 78.3 cm³/mol. The molecule has 0 aliphatic heterocycles. The zero-order chi connectivity index (χ0) is 15.6. The van der Waals surface area contributed by atoms with E-state index in [0.29, 0.717) is 21.9 Å². The van der Waals surface area contributed by atoms with Crippen LogP contribution in [0.1, 0.15) is 22.7 Å². The molecule has 1 atom stereocenters. The summed E-state index contributed by atoms with van der Waals surface area (Å²) >= 11 is 5.90. The molecule has 6 heteroatoms. The van der Waals surface area contributed by atoms with Gasteiger partial charge < -0.3 is 4.74 Å². The molecule has 3 N–H and O–H groups in total. The molecule has 0 spiro atoms. The van der Waals surface area contributed by atoms with Crippen molar-refractivity contribution in [3.8, 4) is 5.75 Å². The van der Waals surface area contributed by atoms with Crippen LogP contribution in [0, 0.1) is 18.6 Å². The SMILES string of the molecule is COc1cc(Cl)ccc1C(NN)c1c(F)ccc(C)c1F. The molecule has 0 aliphatic rings. The van der Waals surface area contributed by atoms with Crippen LogP contribution in [0.2, 0.25) is 5.02 Å². The predicted octanol–water partition coefficient (Wildman–Crippen LogP) is 3.49. The van der Waals surface area contributed by atoms with Gasteiger partial charge in [0.05, 0.1) is 13.2 Å². The fraction of sp³-hybridized carbons (Fsp3) is 0.200. The Labute approximate surface area is 126 Å². The number of hydrogen-bond donors (Lipinski definition) is 2. The van der Waals surface area contributed by atoms with Gasteiger partial charge in [-0.1, -0.05) is 23.7 Å². The second-order valence-electron chi connectivity index (χ2n) is 4.58.